The number of halogens is 5. The first-order valence-electron chi connectivity index (χ1n) is 12.8. The summed E-state index contributed by atoms with van der Waals surface area (Å²) >= 11 is 0. The molecule has 0 aliphatic heterocycles. The van der Waals surface area contributed by atoms with E-state index >= 15 is 8.78 Å². The monoisotopic (exact) mass is 602 g/mol. The Kier molecular flexibility index (Phi) is 8.33. The smallest absolute Gasteiger partial charge is 0.323 e. The lowest BCUT2D eigenvalue weighted by molar-refractivity contribution is -0.207. The minimum absolute atomic E-state index is 0.0584. The van der Waals surface area contributed by atoms with Gasteiger partial charge in [-0.2, -0.15) is 14.0 Å². The van der Waals surface area contributed by atoms with Gasteiger partial charge in [-0.3, -0.25) is 4.98 Å². The zero-order valence-electron chi connectivity index (χ0n) is 22.4. The van der Waals surface area contributed by atoms with Crippen molar-refractivity contribution >= 4 is 0 Å². The summed E-state index contributed by atoms with van der Waals surface area (Å²) in [6.45, 7) is -0.937. The van der Waals surface area contributed by atoms with E-state index in [0.29, 0.717) is 29.0 Å². The Morgan fingerprint density at radius 2 is 1.64 bits per heavy atom. The highest BCUT2D eigenvalue weighted by Gasteiger charge is 2.58. The van der Waals surface area contributed by atoms with Gasteiger partial charge in [0.15, 0.2) is 5.60 Å². The van der Waals surface area contributed by atoms with Crippen LogP contribution in [0.2, 0.25) is 0 Å². The van der Waals surface area contributed by atoms with Gasteiger partial charge in [0.2, 0.25) is 0 Å². The second-order valence-electron chi connectivity index (χ2n) is 9.49. The summed E-state index contributed by atoms with van der Waals surface area (Å²) in [6, 6.07) is 16.6. The minimum atomic E-state index is -4.24. The first-order valence-corrected chi connectivity index (χ1v) is 12.8. The van der Waals surface area contributed by atoms with E-state index in [-0.39, 0.29) is 17.7 Å². The second-order valence-corrected chi connectivity index (χ2v) is 9.49. The molecule has 5 rings (SSSR count). The molecular weight excluding hydrogens is 583 g/mol. The number of alkyl halides is 2. The number of aromatic nitrogens is 5. The lowest BCUT2D eigenvalue weighted by Crippen LogP contribution is -2.48. The van der Waals surface area contributed by atoms with Crippen LogP contribution in [0.3, 0.4) is 0 Å². The van der Waals surface area contributed by atoms with Gasteiger partial charge in [-0.1, -0.05) is 17.9 Å². The molecular formula is C31H19F5N6O2. The maximum absolute atomic E-state index is 15.9. The number of rotatable bonds is 8. The topological polar surface area (TPSA) is 110 Å². The van der Waals surface area contributed by atoms with Crippen LogP contribution in [0, 0.1) is 40.6 Å². The number of nitriles is 1. The molecule has 13 heteroatoms. The van der Waals surface area contributed by atoms with E-state index in [2.05, 4.69) is 32.4 Å². The largest absolute Gasteiger partial charge is 0.489 e. The number of hydrogen-bond donors (Lipinski definition) is 1. The van der Waals surface area contributed by atoms with Gasteiger partial charge in [0.05, 0.1) is 12.1 Å². The molecule has 5 aromatic rings. The molecule has 0 bridgehead atoms. The van der Waals surface area contributed by atoms with Gasteiger partial charge in [-0.25, -0.2) is 17.9 Å². The predicted molar refractivity (Wildman–Crippen MR) is 144 cm³/mol. The maximum Gasteiger partial charge on any atom is 0.323 e. The molecule has 0 saturated carbocycles. The van der Waals surface area contributed by atoms with Crippen LogP contribution in [0.4, 0.5) is 22.0 Å². The average molecular weight is 603 g/mol. The highest BCUT2D eigenvalue weighted by molar-refractivity contribution is 5.44. The Balaban J connectivity index is 1.32. The van der Waals surface area contributed by atoms with Crippen LogP contribution in [0.25, 0.3) is 0 Å². The molecule has 3 aromatic carbocycles. The lowest BCUT2D eigenvalue weighted by atomic mass is 9.84. The van der Waals surface area contributed by atoms with Gasteiger partial charge < -0.3 is 9.84 Å². The number of ether oxygens (including phenoxy) is 1. The molecule has 0 amide bonds. The van der Waals surface area contributed by atoms with Crippen molar-refractivity contribution in [3.63, 3.8) is 0 Å². The lowest BCUT2D eigenvalue weighted by Gasteiger charge is -2.35. The van der Waals surface area contributed by atoms with E-state index in [1.807, 2.05) is 0 Å². The van der Waals surface area contributed by atoms with Crippen LogP contribution in [-0.4, -0.2) is 30.3 Å². The Hall–Kier alpha value is -5.66. The van der Waals surface area contributed by atoms with Gasteiger partial charge >= 0.3 is 5.92 Å². The quantitative estimate of drug-likeness (QED) is 0.196. The van der Waals surface area contributed by atoms with E-state index in [4.69, 9.17) is 10.00 Å². The van der Waals surface area contributed by atoms with Crippen molar-refractivity contribution in [2.24, 2.45) is 0 Å². The SMILES string of the molecule is N#Cc1ccc(COc2ccc(C#Cc3ccc(C(F)(F)C(O)(Cn4cnnn4)c4cc(F)ccc4F)nc3)cc2)cc1F. The van der Waals surface area contributed by atoms with Crippen molar-refractivity contribution in [1.82, 2.24) is 25.2 Å². The molecule has 0 fully saturated rings. The van der Waals surface area contributed by atoms with Crippen molar-refractivity contribution in [2.45, 2.75) is 24.7 Å². The number of aliphatic hydroxyl groups is 1. The summed E-state index contributed by atoms with van der Waals surface area (Å²) in [4.78, 5) is 3.77. The van der Waals surface area contributed by atoms with Gasteiger partial charge in [-0.15, -0.1) is 5.10 Å². The highest BCUT2D eigenvalue weighted by Crippen LogP contribution is 2.46. The fourth-order valence-corrected chi connectivity index (χ4v) is 4.21. The van der Waals surface area contributed by atoms with Gasteiger partial charge in [0.1, 0.15) is 47.9 Å². The van der Waals surface area contributed by atoms with Crippen LogP contribution in [-0.2, 0) is 24.7 Å². The molecule has 220 valence electrons. The molecule has 1 unspecified atom stereocenters. The van der Waals surface area contributed by atoms with E-state index in [9.17, 15) is 18.3 Å². The number of tetrazole rings is 1. The molecule has 0 aliphatic rings. The highest BCUT2D eigenvalue weighted by atomic mass is 19.3. The molecule has 2 heterocycles. The van der Waals surface area contributed by atoms with E-state index < -0.39 is 46.8 Å². The first kappa shape index (κ1) is 29.8. The molecule has 1 atom stereocenters. The van der Waals surface area contributed by atoms with Gasteiger partial charge in [-0.05, 0) is 82.7 Å². The van der Waals surface area contributed by atoms with Crippen LogP contribution in [0.5, 0.6) is 5.75 Å². The van der Waals surface area contributed by atoms with Crippen molar-refractivity contribution in [1.29, 1.82) is 5.26 Å². The molecule has 0 radical (unpaired) electrons. The Bertz CT molecular complexity index is 1880. The number of benzene rings is 3. The molecule has 44 heavy (non-hydrogen) atoms. The second kappa shape index (κ2) is 12.3. The summed E-state index contributed by atoms with van der Waals surface area (Å²) in [5.41, 5.74) is -3.95. The van der Waals surface area contributed by atoms with Gasteiger partial charge in [0, 0.05) is 22.9 Å². The third kappa shape index (κ3) is 6.23. The zero-order chi connectivity index (χ0) is 31.3. The Morgan fingerprint density at radius 1 is 0.886 bits per heavy atom. The summed E-state index contributed by atoms with van der Waals surface area (Å²) in [7, 11) is 0. The van der Waals surface area contributed by atoms with Crippen molar-refractivity contribution in [2.75, 3.05) is 0 Å². The van der Waals surface area contributed by atoms with Crippen molar-refractivity contribution in [3.8, 4) is 23.7 Å². The average Bonchev–Trinajstić information content (AvgIpc) is 3.53. The molecule has 0 spiro atoms. The fourth-order valence-electron chi connectivity index (χ4n) is 4.21. The summed E-state index contributed by atoms with van der Waals surface area (Å²) in [5.74, 6) is -1.03. The van der Waals surface area contributed by atoms with E-state index in [0.717, 1.165) is 29.3 Å². The van der Waals surface area contributed by atoms with E-state index in [1.165, 1.54) is 18.2 Å². The number of pyridine rings is 1. The summed E-state index contributed by atoms with van der Waals surface area (Å²) < 4.78 is 80.6. The molecule has 0 aliphatic carbocycles. The minimum Gasteiger partial charge on any atom is -0.489 e. The van der Waals surface area contributed by atoms with Crippen LogP contribution in [0.15, 0.2) is 85.3 Å². The Morgan fingerprint density at radius 3 is 2.30 bits per heavy atom. The van der Waals surface area contributed by atoms with Crippen LogP contribution < -0.4 is 4.74 Å². The molecule has 2 aromatic heterocycles. The zero-order valence-corrected chi connectivity index (χ0v) is 22.4. The maximum atomic E-state index is 15.9. The summed E-state index contributed by atoms with van der Waals surface area (Å²) in [5, 5.41) is 30.2. The number of nitrogens with zero attached hydrogens (tertiary/aromatic N) is 6. The predicted octanol–water partition coefficient (Wildman–Crippen LogP) is 5.02. The van der Waals surface area contributed by atoms with Crippen molar-refractivity contribution < 1.29 is 31.8 Å². The molecule has 8 nitrogen and oxygen atoms in total. The van der Waals surface area contributed by atoms with E-state index in [1.54, 1.807) is 36.4 Å². The fraction of sp³-hybridized carbons (Fsp3) is 0.129. The Labute approximate surface area is 247 Å². The summed E-state index contributed by atoms with van der Waals surface area (Å²) in [6.07, 6.45) is 2.00. The first-order chi connectivity index (χ1) is 21.1. The molecule has 0 saturated heterocycles. The standard InChI is InChI=1S/C31H19F5N6O2/c32-24-8-11-27(33)26(14-24)30(43,18-42-19-39-40-41-42)31(35,36)29-12-6-21(16-38-29)2-1-20-4-9-25(10-5-20)44-17-22-3-7-23(15-37)28(34)13-22/h3-14,16,19,43H,17-18H2. The van der Waals surface area contributed by atoms with Crippen LogP contribution >= 0.6 is 0 Å². The third-order valence-electron chi connectivity index (χ3n) is 6.53. The van der Waals surface area contributed by atoms with Crippen LogP contribution in [0.1, 0.15) is 33.5 Å². The molecule has 1 N–H and O–H groups in total. The number of hydrogen-bond acceptors (Lipinski definition) is 7. The van der Waals surface area contributed by atoms with Gasteiger partial charge in [0.25, 0.3) is 0 Å². The normalized spacial score (nSPS) is 12.5. The third-order valence-corrected chi connectivity index (χ3v) is 6.53. The van der Waals surface area contributed by atoms with Crippen molar-refractivity contribution in [3.05, 3.63) is 136 Å².